The van der Waals surface area contributed by atoms with Crippen LogP contribution in [0, 0.1) is 0 Å². The lowest BCUT2D eigenvalue weighted by Crippen LogP contribution is -2.39. The monoisotopic (exact) mass is 394 g/mol. The van der Waals surface area contributed by atoms with Gasteiger partial charge in [0.05, 0.1) is 6.04 Å². The van der Waals surface area contributed by atoms with E-state index < -0.39 is 0 Å². The van der Waals surface area contributed by atoms with Gasteiger partial charge in [-0.15, -0.1) is 0 Å². The van der Waals surface area contributed by atoms with Gasteiger partial charge in [0, 0.05) is 43.1 Å². The quantitative estimate of drug-likeness (QED) is 0.657. The van der Waals surface area contributed by atoms with Crippen molar-refractivity contribution in [2.75, 3.05) is 6.54 Å². The van der Waals surface area contributed by atoms with E-state index in [0.29, 0.717) is 12.1 Å². The van der Waals surface area contributed by atoms with Crippen molar-refractivity contribution in [1.82, 2.24) is 19.7 Å². The minimum atomic E-state index is 0.0323. The summed E-state index contributed by atoms with van der Waals surface area (Å²) < 4.78 is 1.64. The third-order valence-electron chi connectivity index (χ3n) is 5.37. The van der Waals surface area contributed by atoms with Crippen molar-refractivity contribution in [1.29, 1.82) is 0 Å². The Morgan fingerprint density at radius 1 is 1.18 bits per heavy atom. The highest BCUT2D eigenvalue weighted by molar-refractivity contribution is 6.31. The number of pyridine rings is 1. The number of hydrogen-bond acceptors (Lipinski definition) is 3. The van der Waals surface area contributed by atoms with Crippen molar-refractivity contribution >= 4 is 17.5 Å². The van der Waals surface area contributed by atoms with E-state index in [0.717, 1.165) is 47.7 Å². The number of rotatable bonds is 4. The van der Waals surface area contributed by atoms with Gasteiger partial charge < -0.3 is 4.90 Å². The minimum Gasteiger partial charge on any atom is -0.330 e. The van der Waals surface area contributed by atoms with E-state index in [1.807, 2.05) is 41.4 Å². The number of benzene rings is 1. The predicted molar refractivity (Wildman–Crippen MR) is 109 cm³/mol. The number of nitrogens with zero attached hydrogens (tertiary/aromatic N) is 4. The van der Waals surface area contributed by atoms with E-state index >= 15 is 0 Å². The molecule has 1 atom stereocenters. The highest BCUT2D eigenvalue weighted by atomic mass is 35.5. The van der Waals surface area contributed by atoms with Crippen LogP contribution in [0.1, 0.15) is 52.6 Å². The summed E-state index contributed by atoms with van der Waals surface area (Å²) in [5.74, 6) is 0.0323. The second-order valence-corrected chi connectivity index (χ2v) is 7.61. The maximum Gasteiger partial charge on any atom is 0.272 e. The first-order chi connectivity index (χ1) is 13.6. The summed E-state index contributed by atoms with van der Waals surface area (Å²) in [6.45, 7) is 0.760. The molecule has 0 aliphatic carbocycles. The molecule has 0 bridgehead atoms. The number of amides is 1. The van der Waals surface area contributed by atoms with E-state index in [-0.39, 0.29) is 11.9 Å². The molecule has 1 unspecified atom stereocenters. The van der Waals surface area contributed by atoms with Crippen molar-refractivity contribution in [3.63, 3.8) is 0 Å². The highest BCUT2D eigenvalue weighted by Crippen LogP contribution is 2.32. The summed E-state index contributed by atoms with van der Waals surface area (Å²) >= 11 is 6.26. The molecule has 2 aromatic heterocycles. The minimum absolute atomic E-state index is 0.0323. The molecule has 6 heteroatoms. The first-order valence-electron chi connectivity index (χ1n) is 9.60. The van der Waals surface area contributed by atoms with E-state index in [1.165, 1.54) is 0 Å². The van der Waals surface area contributed by atoms with Crippen LogP contribution in [-0.4, -0.2) is 32.1 Å². The number of halogens is 1. The van der Waals surface area contributed by atoms with Gasteiger partial charge in [-0.25, -0.2) is 0 Å². The lowest BCUT2D eigenvalue weighted by molar-refractivity contribution is 0.0599. The number of aryl methyl sites for hydroxylation is 1. The van der Waals surface area contributed by atoms with Gasteiger partial charge in [0.15, 0.2) is 0 Å². The maximum atomic E-state index is 13.0. The van der Waals surface area contributed by atoms with Crippen LogP contribution in [0.4, 0.5) is 0 Å². The fourth-order valence-corrected chi connectivity index (χ4v) is 4.03. The van der Waals surface area contributed by atoms with Crippen LogP contribution in [0.25, 0.3) is 0 Å². The number of likely N-dealkylation sites (tertiary alicyclic amines) is 1. The molecular formula is C22H23ClN4O. The van der Waals surface area contributed by atoms with E-state index in [4.69, 9.17) is 11.6 Å². The third kappa shape index (κ3) is 3.80. The van der Waals surface area contributed by atoms with Gasteiger partial charge in [0.2, 0.25) is 0 Å². The van der Waals surface area contributed by atoms with Crippen molar-refractivity contribution in [2.45, 2.75) is 31.7 Å². The SMILES string of the molecule is Cn1nccc1C(=O)N1CCCCC1c1ccc(Cc2ccccc2Cl)nc1. The maximum absolute atomic E-state index is 13.0. The molecule has 3 heterocycles. The summed E-state index contributed by atoms with van der Waals surface area (Å²) in [7, 11) is 1.80. The molecular weight excluding hydrogens is 372 g/mol. The molecule has 1 saturated heterocycles. The average molecular weight is 395 g/mol. The molecule has 5 nitrogen and oxygen atoms in total. The molecule has 0 radical (unpaired) electrons. The Hall–Kier alpha value is -2.66. The molecule has 1 aliphatic rings. The van der Waals surface area contributed by atoms with Crippen molar-refractivity contribution < 1.29 is 4.79 Å². The third-order valence-corrected chi connectivity index (χ3v) is 5.73. The molecule has 0 N–H and O–H groups in total. The predicted octanol–water partition coefficient (Wildman–Crippen LogP) is 4.43. The first kappa shape index (κ1) is 18.7. The Morgan fingerprint density at radius 2 is 2.04 bits per heavy atom. The molecule has 1 aromatic carbocycles. The Kier molecular flexibility index (Phi) is 5.44. The topological polar surface area (TPSA) is 51.0 Å². The van der Waals surface area contributed by atoms with Crippen molar-refractivity contribution in [3.8, 4) is 0 Å². The zero-order valence-corrected chi connectivity index (χ0v) is 16.6. The van der Waals surface area contributed by atoms with Gasteiger partial charge in [-0.1, -0.05) is 35.9 Å². The van der Waals surface area contributed by atoms with Crippen LogP contribution in [0.15, 0.2) is 54.9 Å². The largest absolute Gasteiger partial charge is 0.330 e. The Labute approximate surface area is 170 Å². The molecule has 4 rings (SSSR count). The van der Waals surface area contributed by atoms with Crippen LogP contribution in [0.3, 0.4) is 0 Å². The lowest BCUT2D eigenvalue weighted by Gasteiger charge is -2.36. The lowest BCUT2D eigenvalue weighted by atomic mass is 9.95. The molecule has 3 aromatic rings. The van der Waals surface area contributed by atoms with Gasteiger partial charge in [-0.3, -0.25) is 14.5 Å². The number of aromatic nitrogens is 3. The number of carbonyl (C=O) groups excluding carboxylic acids is 1. The standard InChI is InChI=1S/C22H23ClN4O/c1-26-21(11-12-25-26)22(28)27-13-5-4-8-20(27)17-9-10-18(24-15-17)14-16-6-2-3-7-19(16)23/h2-3,6-7,9-12,15,20H,4-5,8,13-14H2,1H3. The Morgan fingerprint density at radius 3 is 2.75 bits per heavy atom. The van der Waals surface area contributed by atoms with E-state index in [1.54, 1.807) is 24.0 Å². The Bertz CT molecular complexity index is 967. The summed E-state index contributed by atoms with van der Waals surface area (Å²) in [6, 6.07) is 13.8. The fourth-order valence-electron chi connectivity index (χ4n) is 3.83. The van der Waals surface area contributed by atoms with Gasteiger partial charge in [-0.05, 0) is 48.6 Å². The smallest absolute Gasteiger partial charge is 0.272 e. The van der Waals surface area contributed by atoms with Crippen LogP contribution < -0.4 is 0 Å². The number of piperidine rings is 1. The normalized spacial score (nSPS) is 16.9. The number of hydrogen-bond donors (Lipinski definition) is 0. The van der Waals surface area contributed by atoms with Gasteiger partial charge in [-0.2, -0.15) is 5.10 Å². The zero-order valence-electron chi connectivity index (χ0n) is 15.9. The van der Waals surface area contributed by atoms with E-state index in [2.05, 4.69) is 16.1 Å². The summed E-state index contributed by atoms with van der Waals surface area (Å²) in [4.78, 5) is 19.7. The van der Waals surface area contributed by atoms with E-state index in [9.17, 15) is 4.79 Å². The molecule has 1 fully saturated rings. The Balaban J connectivity index is 1.54. The van der Waals surface area contributed by atoms with Gasteiger partial charge in [0.1, 0.15) is 5.69 Å². The van der Waals surface area contributed by atoms with Gasteiger partial charge in [0.25, 0.3) is 5.91 Å². The first-order valence-corrected chi connectivity index (χ1v) is 9.98. The molecule has 28 heavy (non-hydrogen) atoms. The zero-order chi connectivity index (χ0) is 19.5. The number of carbonyl (C=O) groups is 1. The summed E-state index contributed by atoms with van der Waals surface area (Å²) in [5.41, 5.74) is 3.74. The summed E-state index contributed by atoms with van der Waals surface area (Å²) in [6.07, 6.45) is 7.36. The molecule has 144 valence electrons. The molecule has 1 amide bonds. The van der Waals surface area contributed by atoms with Crippen LogP contribution in [-0.2, 0) is 13.5 Å². The molecule has 1 aliphatic heterocycles. The highest BCUT2D eigenvalue weighted by Gasteiger charge is 2.30. The fraction of sp³-hybridized carbons (Fsp3) is 0.318. The molecule has 0 spiro atoms. The molecule has 0 saturated carbocycles. The van der Waals surface area contributed by atoms with Gasteiger partial charge >= 0.3 is 0 Å². The summed E-state index contributed by atoms with van der Waals surface area (Å²) in [5, 5.41) is 4.89. The van der Waals surface area contributed by atoms with Crippen LogP contribution in [0.2, 0.25) is 5.02 Å². The second-order valence-electron chi connectivity index (χ2n) is 7.20. The van der Waals surface area contributed by atoms with Crippen molar-refractivity contribution in [3.05, 3.63) is 82.4 Å². The average Bonchev–Trinajstić information content (AvgIpc) is 3.16. The van der Waals surface area contributed by atoms with Crippen molar-refractivity contribution in [2.24, 2.45) is 7.05 Å². The van der Waals surface area contributed by atoms with Crippen LogP contribution >= 0.6 is 11.6 Å². The second kappa shape index (κ2) is 8.15. The van der Waals surface area contributed by atoms with Crippen LogP contribution in [0.5, 0.6) is 0 Å².